The van der Waals surface area contributed by atoms with Crippen LogP contribution in [-0.4, -0.2) is 25.9 Å². The summed E-state index contributed by atoms with van der Waals surface area (Å²) in [5.74, 6) is 1.47. The number of rotatable bonds is 9. The first kappa shape index (κ1) is 34.3. The summed E-state index contributed by atoms with van der Waals surface area (Å²) < 4.78 is 84.7. The number of nitrogens with zero attached hydrogens (tertiary/aromatic N) is 2. The molecule has 0 radical (unpaired) electrons. The summed E-state index contributed by atoms with van der Waals surface area (Å²) in [6, 6.07) is 36.0. The van der Waals surface area contributed by atoms with Crippen molar-refractivity contribution in [2.45, 2.75) is 36.2 Å². The fraction of sp³-hybridized carbons (Fsp3) is 0.0976. The van der Waals surface area contributed by atoms with Gasteiger partial charge in [-0.1, -0.05) is 97.9 Å². The van der Waals surface area contributed by atoms with Crippen molar-refractivity contribution in [1.29, 1.82) is 0 Å². The van der Waals surface area contributed by atoms with Gasteiger partial charge in [0, 0.05) is 28.5 Å². The summed E-state index contributed by atoms with van der Waals surface area (Å²) >= 11 is 0. The number of oxazole rings is 1. The maximum atomic E-state index is 12.4. The molecular weight excluding hydrogens is 713 g/mol. The molecule has 0 saturated heterocycles. The van der Waals surface area contributed by atoms with E-state index >= 15 is 0 Å². The monoisotopic (exact) mass is 745 g/mol. The minimum atomic E-state index is -4.51. The average molecular weight is 746 g/mol. The molecule has 10 nitrogen and oxygen atoms in total. The molecule has 1 aliphatic rings. The first-order valence-electron chi connectivity index (χ1n) is 16.8. The van der Waals surface area contributed by atoms with E-state index in [1.165, 1.54) is 12.1 Å². The van der Waals surface area contributed by atoms with E-state index in [4.69, 9.17) is 9.15 Å². The molecule has 0 unspecified atom stereocenters. The third kappa shape index (κ3) is 6.46. The highest BCUT2D eigenvalue weighted by Crippen LogP contribution is 2.45. The number of fused-ring (bicyclic) bond motifs is 6. The molecule has 2 heterocycles. The lowest BCUT2D eigenvalue weighted by molar-refractivity contribution is -0.669. The summed E-state index contributed by atoms with van der Waals surface area (Å²) in [7, 11) is -9.02. The smallest absolute Gasteiger partial charge is 0.374 e. The Hall–Kier alpha value is -5.79. The van der Waals surface area contributed by atoms with E-state index in [2.05, 4.69) is 0 Å². The fourth-order valence-corrected chi connectivity index (χ4v) is 8.31. The van der Waals surface area contributed by atoms with Crippen LogP contribution < -0.4 is 14.2 Å². The van der Waals surface area contributed by atoms with Crippen molar-refractivity contribution in [3.05, 3.63) is 156 Å². The lowest BCUT2D eigenvalue weighted by Crippen LogP contribution is -2.36. The van der Waals surface area contributed by atoms with Crippen LogP contribution >= 0.6 is 0 Å². The highest BCUT2D eigenvalue weighted by Gasteiger charge is 2.31. The summed E-state index contributed by atoms with van der Waals surface area (Å²) in [5, 5.41) is 3.70. The molecule has 0 aliphatic carbocycles. The van der Waals surface area contributed by atoms with Crippen molar-refractivity contribution in [3.8, 4) is 5.75 Å². The van der Waals surface area contributed by atoms with Gasteiger partial charge in [-0.05, 0) is 52.6 Å². The first-order chi connectivity index (χ1) is 25.5. The molecule has 7 aromatic rings. The highest BCUT2D eigenvalue weighted by atomic mass is 32.2. The third-order valence-corrected chi connectivity index (χ3v) is 11.3. The average Bonchev–Trinajstić information content (AvgIpc) is 3.68. The van der Waals surface area contributed by atoms with E-state index in [-0.39, 0.29) is 22.9 Å². The zero-order valence-electron chi connectivity index (χ0n) is 28.4. The Kier molecular flexibility index (Phi) is 8.62. The Morgan fingerprint density at radius 2 is 1.30 bits per heavy atom. The zero-order chi connectivity index (χ0) is 36.9. The largest absolute Gasteiger partial charge is 0.438 e. The van der Waals surface area contributed by atoms with Gasteiger partial charge >= 0.3 is 5.89 Å². The number of aromatic nitrogens is 1. The molecule has 266 valence electrons. The van der Waals surface area contributed by atoms with Crippen LogP contribution in [0.3, 0.4) is 0 Å². The topological polar surface area (TPSA) is 138 Å². The van der Waals surface area contributed by atoms with Crippen LogP contribution in [0, 0.1) is 0 Å². The van der Waals surface area contributed by atoms with Crippen molar-refractivity contribution in [2.75, 3.05) is 4.90 Å². The molecule has 2 N–H and O–H groups in total. The van der Waals surface area contributed by atoms with E-state index in [1.807, 2.05) is 101 Å². The van der Waals surface area contributed by atoms with Crippen LogP contribution in [0.5, 0.6) is 5.75 Å². The van der Waals surface area contributed by atoms with Gasteiger partial charge in [0.25, 0.3) is 25.8 Å². The molecule has 8 rings (SSSR count). The SMILES string of the molecule is CCC(=Cc1oc2c3ccccc3ccc2[n+]1Cc1ccccc1S(=O)(=O)O)C=C1Oc2c(ccc3ccccc23)N1Cc1ccccc1S(=O)(=O)O. The maximum Gasteiger partial charge on any atom is 0.374 e. The number of allylic oxidation sites excluding steroid dienone is 2. The van der Waals surface area contributed by atoms with Crippen molar-refractivity contribution >= 4 is 64.6 Å². The molecule has 0 saturated carbocycles. The lowest BCUT2D eigenvalue weighted by atomic mass is 10.1. The van der Waals surface area contributed by atoms with Gasteiger partial charge in [-0.15, -0.1) is 0 Å². The lowest BCUT2D eigenvalue weighted by Gasteiger charge is -2.20. The van der Waals surface area contributed by atoms with E-state index in [1.54, 1.807) is 36.4 Å². The summed E-state index contributed by atoms with van der Waals surface area (Å²) in [4.78, 5) is 1.49. The van der Waals surface area contributed by atoms with Crippen LogP contribution in [0.25, 0.3) is 38.7 Å². The molecule has 0 amide bonds. The third-order valence-electron chi connectivity index (χ3n) is 9.43. The van der Waals surface area contributed by atoms with Gasteiger partial charge in [0.05, 0.1) is 23.2 Å². The molecule has 6 aromatic carbocycles. The van der Waals surface area contributed by atoms with Crippen molar-refractivity contribution < 1.29 is 39.7 Å². The number of ether oxygens (including phenoxy) is 1. The fourth-order valence-electron chi connectivity index (χ4n) is 6.88. The Morgan fingerprint density at radius 3 is 2.00 bits per heavy atom. The molecule has 0 atom stereocenters. The van der Waals surface area contributed by atoms with Crippen LogP contribution in [0.1, 0.15) is 30.4 Å². The molecule has 1 aromatic heterocycles. The standard InChI is InChI=1S/C41H32N2O8S2/c1-2-27(23-38-42(25-30-13-5-9-17-36(30)52(44,45)46)34-21-19-28-11-3-7-15-32(28)40(34)50-38)24-39-43(26-31-14-6-10-18-37(31)53(47,48)49)35-22-20-29-12-4-8-16-33(29)41(35)51-39/h3-24H,2,25-26H2,1H3,(H-,44,45,46,47,48,49)/p+1. The van der Waals surface area contributed by atoms with E-state index in [0.717, 1.165) is 38.3 Å². The van der Waals surface area contributed by atoms with Gasteiger partial charge in [-0.25, -0.2) is 0 Å². The summed E-state index contributed by atoms with van der Waals surface area (Å²) in [6.45, 7) is 2.13. The second-order valence-corrected chi connectivity index (χ2v) is 15.5. The Labute approximate surface area is 306 Å². The van der Waals surface area contributed by atoms with E-state index in [9.17, 15) is 25.9 Å². The van der Waals surface area contributed by atoms with Gasteiger partial charge in [0.1, 0.15) is 4.90 Å². The molecule has 12 heteroatoms. The quantitative estimate of drug-likeness (QED) is 0.110. The molecule has 53 heavy (non-hydrogen) atoms. The molecule has 1 aliphatic heterocycles. The van der Waals surface area contributed by atoms with E-state index in [0.29, 0.717) is 40.7 Å². The van der Waals surface area contributed by atoms with Crippen LogP contribution in [-0.2, 0) is 33.3 Å². The Morgan fingerprint density at radius 1 is 0.717 bits per heavy atom. The predicted octanol–water partition coefficient (Wildman–Crippen LogP) is 8.30. The van der Waals surface area contributed by atoms with Gasteiger partial charge in [0.15, 0.2) is 12.3 Å². The van der Waals surface area contributed by atoms with Crippen LogP contribution in [0.4, 0.5) is 5.69 Å². The highest BCUT2D eigenvalue weighted by molar-refractivity contribution is 7.86. The summed E-state index contributed by atoms with van der Waals surface area (Å²) in [6.07, 6.45) is 4.26. The molecule has 0 fully saturated rings. The van der Waals surface area contributed by atoms with Gasteiger partial charge in [-0.2, -0.15) is 21.4 Å². The normalized spacial score (nSPS) is 14.4. The van der Waals surface area contributed by atoms with Crippen LogP contribution in [0.2, 0.25) is 0 Å². The Bertz CT molecular complexity index is 2880. The molecule has 0 bridgehead atoms. The van der Waals surface area contributed by atoms with Gasteiger partial charge < -0.3 is 14.1 Å². The second kappa shape index (κ2) is 13.3. The first-order valence-corrected chi connectivity index (χ1v) is 19.7. The Balaban J connectivity index is 1.30. The van der Waals surface area contributed by atoms with Crippen LogP contribution in [0.15, 0.2) is 153 Å². The van der Waals surface area contributed by atoms with Gasteiger partial charge in [-0.3, -0.25) is 9.11 Å². The van der Waals surface area contributed by atoms with E-state index < -0.39 is 20.2 Å². The zero-order valence-corrected chi connectivity index (χ0v) is 30.0. The maximum absolute atomic E-state index is 12.4. The van der Waals surface area contributed by atoms with Gasteiger partial charge in [0.2, 0.25) is 11.5 Å². The van der Waals surface area contributed by atoms with Crippen molar-refractivity contribution in [2.24, 2.45) is 0 Å². The molecule has 0 spiro atoms. The number of benzene rings is 6. The summed E-state index contributed by atoms with van der Waals surface area (Å²) in [5.41, 5.74) is 3.61. The minimum Gasteiger partial charge on any atom is -0.438 e. The number of hydrogen-bond acceptors (Lipinski definition) is 7. The van der Waals surface area contributed by atoms with Crippen molar-refractivity contribution in [1.82, 2.24) is 0 Å². The van der Waals surface area contributed by atoms with Crippen molar-refractivity contribution in [3.63, 3.8) is 0 Å². The number of hydrogen-bond donors (Lipinski definition) is 2. The number of anilines is 1. The predicted molar refractivity (Wildman–Crippen MR) is 203 cm³/mol. The minimum absolute atomic E-state index is 0.0766. The second-order valence-electron chi connectivity index (χ2n) is 12.7. The molecular formula is C41H33N2O8S2+.